The van der Waals surface area contributed by atoms with Crippen molar-refractivity contribution in [2.45, 2.75) is 97.5 Å². The molecular formula is C24H40O3. The highest BCUT2D eigenvalue weighted by Crippen LogP contribution is 2.68. The number of aliphatic hydroxyl groups is 1. The number of hydrogen-bond donors (Lipinski definition) is 2. The summed E-state index contributed by atoms with van der Waals surface area (Å²) in [6, 6.07) is 0. The normalized spacial score (nSPS) is 50.4. The molecule has 0 aromatic rings. The maximum Gasteiger partial charge on any atom is 0.303 e. The lowest BCUT2D eigenvalue weighted by Crippen LogP contribution is -2.54. The van der Waals surface area contributed by atoms with Crippen LogP contribution in [0.4, 0.5) is 0 Å². The van der Waals surface area contributed by atoms with Gasteiger partial charge >= 0.3 is 5.97 Å². The minimum absolute atomic E-state index is 0.0561. The summed E-state index contributed by atoms with van der Waals surface area (Å²) < 4.78 is 0. The summed E-state index contributed by atoms with van der Waals surface area (Å²) in [5.74, 6) is 3.91. The second kappa shape index (κ2) is 7.04. The molecule has 0 spiro atoms. The summed E-state index contributed by atoms with van der Waals surface area (Å²) in [6.07, 6.45) is 12.4. The zero-order valence-electron chi connectivity index (χ0n) is 17.6. The van der Waals surface area contributed by atoms with Crippen molar-refractivity contribution >= 4 is 5.97 Å². The molecule has 0 bridgehead atoms. The minimum Gasteiger partial charge on any atom is -0.481 e. The molecule has 0 aromatic heterocycles. The van der Waals surface area contributed by atoms with Gasteiger partial charge in [-0.25, -0.2) is 0 Å². The van der Waals surface area contributed by atoms with Crippen LogP contribution in [0.5, 0.6) is 0 Å². The van der Waals surface area contributed by atoms with Gasteiger partial charge < -0.3 is 10.2 Å². The van der Waals surface area contributed by atoms with E-state index in [4.69, 9.17) is 5.11 Å². The lowest BCUT2D eigenvalue weighted by atomic mass is 9.44. The highest BCUT2D eigenvalue weighted by Gasteiger charge is 2.60. The summed E-state index contributed by atoms with van der Waals surface area (Å²) in [4.78, 5) is 11.0. The fourth-order valence-electron chi connectivity index (χ4n) is 8.76. The van der Waals surface area contributed by atoms with Crippen LogP contribution in [0.1, 0.15) is 91.4 Å². The largest absolute Gasteiger partial charge is 0.481 e. The third-order valence-electron chi connectivity index (χ3n) is 10.2. The molecule has 0 radical (unpaired) electrons. The van der Waals surface area contributed by atoms with Gasteiger partial charge in [0.05, 0.1) is 6.10 Å². The van der Waals surface area contributed by atoms with E-state index < -0.39 is 5.97 Å². The molecule has 27 heavy (non-hydrogen) atoms. The summed E-state index contributed by atoms with van der Waals surface area (Å²) in [5, 5.41) is 19.3. The van der Waals surface area contributed by atoms with Gasteiger partial charge in [-0.2, -0.15) is 0 Å². The monoisotopic (exact) mass is 376 g/mol. The van der Waals surface area contributed by atoms with Crippen LogP contribution in [0.25, 0.3) is 0 Å². The number of aliphatic hydroxyl groups excluding tert-OH is 1. The highest BCUT2D eigenvalue weighted by molar-refractivity contribution is 5.66. The van der Waals surface area contributed by atoms with Crippen LogP contribution in [-0.2, 0) is 4.79 Å². The fourth-order valence-corrected chi connectivity index (χ4v) is 8.76. The van der Waals surface area contributed by atoms with Gasteiger partial charge in [-0.3, -0.25) is 4.79 Å². The van der Waals surface area contributed by atoms with E-state index in [0.29, 0.717) is 29.1 Å². The molecule has 0 saturated heterocycles. The molecule has 4 rings (SSSR count). The van der Waals surface area contributed by atoms with Crippen LogP contribution in [0.3, 0.4) is 0 Å². The summed E-state index contributed by atoms with van der Waals surface area (Å²) in [6.45, 7) is 7.43. The van der Waals surface area contributed by atoms with Crippen molar-refractivity contribution in [1.82, 2.24) is 0 Å². The van der Waals surface area contributed by atoms with E-state index in [2.05, 4.69) is 20.8 Å². The molecule has 9 atom stereocenters. The van der Waals surface area contributed by atoms with Crippen LogP contribution in [0, 0.1) is 46.3 Å². The van der Waals surface area contributed by atoms with Crippen LogP contribution in [0.2, 0.25) is 0 Å². The lowest BCUT2D eigenvalue weighted by Gasteiger charge is -2.61. The Balaban J connectivity index is 1.51. The van der Waals surface area contributed by atoms with Crippen molar-refractivity contribution < 1.29 is 15.0 Å². The van der Waals surface area contributed by atoms with Gasteiger partial charge in [-0.05, 0) is 111 Å². The smallest absolute Gasteiger partial charge is 0.303 e. The number of rotatable bonds is 4. The summed E-state index contributed by atoms with van der Waals surface area (Å²) in [5.41, 5.74) is 0.882. The number of fused-ring (bicyclic) bond motifs is 5. The summed E-state index contributed by atoms with van der Waals surface area (Å²) in [7, 11) is 0. The van der Waals surface area contributed by atoms with Crippen molar-refractivity contribution in [1.29, 1.82) is 0 Å². The van der Waals surface area contributed by atoms with Crippen molar-refractivity contribution in [2.75, 3.05) is 0 Å². The Labute approximate surface area is 165 Å². The standard InChI is InChI=1S/C24H40O3/c1-15(4-9-22(26)27)19-7-8-20-18-6-5-16-14-17(25)10-12-23(16,2)21(18)11-13-24(19,20)3/h15-21,25H,4-14H2,1-3H3,(H,26,27)/t15-,16-,17-,18-,19+,20-,21-,23-,24+/m0/s1. The molecule has 3 nitrogen and oxygen atoms in total. The van der Waals surface area contributed by atoms with Crippen LogP contribution in [-0.4, -0.2) is 22.3 Å². The van der Waals surface area contributed by atoms with Gasteiger partial charge in [0, 0.05) is 6.42 Å². The SMILES string of the molecule is C[C@@H](CCC(=O)O)[C@H]1CC[C@H]2[C@@H]3CC[C@H]4C[C@@H](O)CC[C@]4(C)[C@H]3CC[C@]12C. The predicted molar refractivity (Wildman–Crippen MR) is 107 cm³/mol. The van der Waals surface area contributed by atoms with E-state index >= 15 is 0 Å². The zero-order chi connectivity index (χ0) is 19.4. The minimum atomic E-state index is -0.643. The van der Waals surface area contributed by atoms with Gasteiger partial charge in [-0.1, -0.05) is 20.8 Å². The number of carbonyl (C=O) groups is 1. The van der Waals surface area contributed by atoms with Crippen LogP contribution in [0.15, 0.2) is 0 Å². The molecule has 4 aliphatic rings. The first-order valence-electron chi connectivity index (χ1n) is 11.7. The topological polar surface area (TPSA) is 57.5 Å². The third-order valence-corrected chi connectivity index (χ3v) is 10.2. The zero-order valence-corrected chi connectivity index (χ0v) is 17.6. The van der Waals surface area contributed by atoms with Gasteiger partial charge in [0.2, 0.25) is 0 Å². The van der Waals surface area contributed by atoms with E-state index in [0.717, 1.165) is 42.9 Å². The van der Waals surface area contributed by atoms with Gasteiger partial charge in [0.25, 0.3) is 0 Å². The molecular weight excluding hydrogens is 336 g/mol. The Morgan fingerprint density at radius 3 is 2.44 bits per heavy atom. The maximum absolute atomic E-state index is 11.0. The maximum atomic E-state index is 11.0. The van der Waals surface area contributed by atoms with Crippen molar-refractivity contribution in [3.8, 4) is 0 Å². The molecule has 2 N–H and O–H groups in total. The molecule has 154 valence electrons. The number of aliphatic carboxylic acids is 1. The first-order chi connectivity index (χ1) is 12.8. The Morgan fingerprint density at radius 2 is 1.70 bits per heavy atom. The first-order valence-corrected chi connectivity index (χ1v) is 11.7. The van der Waals surface area contributed by atoms with E-state index in [9.17, 15) is 9.90 Å². The Bertz CT molecular complexity index is 574. The number of carboxylic acid groups (broad SMARTS) is 1. The molecule has 4 saturated carbocycles. The fraction of sp³-hybridized carbons (Fsp3) is 0.958. The van der Waals surface area contributed by atoms with Crippen molar-refractivity contribution in [3.05, 3.63) is 0 Å². The average Bonchev–Trinajstić information content (AvgIpc) is 2.97. The van der Waals surface area contributed by atoms with Crippen LogP contribution >= 0.6 is 0 Å². The summed E-state index contributed by atoms with van der Waals surface area (Å²) >= 11 is 0. The molecule has 0 unspecified atom stereocenters. The van der Waals surface area contributed by atoms with E-state index in [1.807, 2.05) is 0 Å². The molecule has 4 fully saturated rings. The molecule has 0 heterocycles. The average molecular weight is 377 g/mol. The highest BCUT2D eigenvalue weighted by atomic mass is 16.4. The van der Waals surface area contributed by atoms with Crippen LogP contribution < -0.4 is 0 Å². The second-order valence-electron chi connectivity index (χ2n) is 11.2. The molecule has 0 aliphatic heterocycles. The number of hydrogen-bond acceptors (Lipinski definition) is 2. The van der Waals surface area contributed by atoms with E-state index in [1.54, 1.807) is 0 Å². The van der Waals surface area contributed by atoms with Gasteiger partial charge in [0.1, 0.15) is 0 Å². The first kappa shape index (κ1) is 19.7. The van der Waals surface area contributed by atoms with E-state index in [-0.39, 0.29) is 6.10 Å². The van der Waals surface area contributed by atoms with Crippen molar-refractivity contribution in [3.63, 3.8) is 0 Å². The Kier molecular flexibility index (Phi) is 5.15. The van der Waals surface area contributed by atoms with Gasteiger partial charge in [-0.15, -0.1) is 0 Å². The quantitative estimate of drug-likeness (QED) is 0.680. The molecule has 0 amide bonds. The molecule has 0 aromatic carbocycles. The Morgan fingerprint density at radius 1 is 1.00 bits per heavy atom. The Hall–Kier alpha value is -0.570. The lowest BCUT2D eigenvalue weighted by molar-refractivity contribution is -0.138. The predicted octanol–water partition coefficient (Wildman–Crippen LogP) is 5.51. The van der Waals surface area contributed by atoms with Gasteiger partial charge in [0.15, 0.2) is 0 Å². The molecule has 4 aliphatic carbocycles. The second-order valence-corrected chi connectivity index (χ2v) is 11.2. The number of carboxylic acids is 1. The molecule has 3 heteroatoms. The van der Waals surface area contributed by atoms with Crippen molar-refractivity contribution in [2.24, 2.45) is 46.3 Å². The third kappa shape index (κ3) is 3.16. The van der Waals surface area contributed by atoms with E-state index in [1.165, 1.54) is 44.9 Å².